The highest BCUT2D eigenvalue weighted by Crippen LogP contribution is 2.23. The van der Waals surface area contributed by atoms with Crippen LogP contribution < -0.4 is 10.1 Å². The molecule has 130 valence electrons. The van der Waals surface area contributed by atoms with E-state index < -0.39 is 0 Å². The number of methoxy groups -OCH3 is 1. The third kappa shape index (κ3) is 4.66. The van der Waals surface area contributed by atoms with Crippen LogP contribution in [0.15, 0.2) is 83.0 Å². The number of hydrogen-bond acceptors (Lipinski definition) is 4. The lowest BCUT2D eigenvalue weighted by molar-refractivity contribution is 0.102. The van der Waals surface area contributed by atoms with Gasteiger partial charge in [-0.25, -0.2) is 0 Å². The van der Waals surface area contributed by atoms with Crippen molar-refractivity contribution in [2.24, 2.45) is 10.2 Å². The highest BCUT2D eigenvalue weighted by Gasteiger charge is 2.09. The van der Waals surface area contributed by atoms with E-state index in [1.165, 1.54) is 0 Å². The van der Waals surface area contributed by atoms with Crippen molar-refractivity contribution in [1.82, 2.24) is 0 Å². The Morgan fingerprint density at radius 1 is 0.923 bits per heavy atom. The van der Waals surface area contributed by atoms with E-state index in [9.17, 15) is 4.79 Å². The topological polar surface area (TPSA) is 63.0 Å². The van der Waals surface area contributed by atoms with Crippen LogP contribution in [0.3, 0.4) is 0 Å². The molecule has 0 heterocycles. The number of benzene rings is 3. The molecule has 3 aromatic rings. The minimum absolute atomic E-state index is 0.177. The second-order valence-electron chi connectivity index (χ2n) is 5.39. The molecule has 1 amide bonds. The minimum atomic E-state index is -0.177. The zero-order valence-electron chi connectivity index (χ0n) is 14.0. The molecule has 0 aromatic heterocycles. The molecule has 0 aliphatic carbocycles. The van der Waals surface area contributed by atoms with Gasteiger partial charge in [0.25, 0.3) is 5.91 Å². The number of carbonyl (C=O) groups excluding carboxylic acids is 1. The lowest BCUT2D eigenvalue weighted by Gasteiger charge is -2.08. The molecule has 1 N–H and O–H groups in total. The molecule has 0 fully saturated rings. The molecule has 6 heteroatoms. The highest BCUT2D eigenvalue weighted by molar-refractivity contribution is 14.1. The SMILES string of the molecule is COc1ccc(C(=O)Nc2ccc(N=Nc3ccccc3)cc2)cc1I. The smallest absolute Gasteiger partial charge is 0.255 e. The standard InChI is InChI=1S/C20H16IN3O2/c1-26-19-12-7-14(13-18(19)21)20(25)22-15-8-10-17(11-9-15)24-23-16-5-3-2-4-6-16/h2-13H,1H3,(H,22,25). The Balaban J connectivity index is 1.66. The minimum Gasteiger partial charge on any atom is -0.496 e. The number of amides is 1. The van der Waals surface area contributed by atoms with Crippen LogP contribution in [-0.4, -0.2) is 13.0 Å². The number of nitrogens with zero attached hydrogens (tertiary/aromatic N) is 2. The average Bonchev–Trinajstić information content (AvgIpc) is 2.68. The third-order valence-electron chi connectivity index (χ3n) is 3.58. The van der Waals surface area contributed by atoms with Crippen LogP contribution in [0.25, 0.3) is 0 Å². The van der Waals surface area contributed by atoms with Crippen LogP contribution in [0.5, 0.6) is 5.75 Å². The van der Waals surface area contributed by atoms with Crippen molar-refractivity contribution in [2.45, 2.75) is 0 Å². The summed E-state index contributed by atoms with van der Waals surface area (Å²) in [5.41, 5.74) is 2.77. The van der Waals surface area contributed by atoms with Crippen LogP contribution in [0.2, 0.25) is 0 Å². The normalized spacial score (nSPS) is 10.7. The van der Waals surface area contributed by atoms with Crippen molar-refractivity contribution >= 4 is 45.6 Å². The molecule has 3 aromatic carbocycles. The lowest BCUT2D eigenvalue weighted by atomic mass is 10.2. The van der Waals surface area contributed by atoms with Gasteiger partial charge in [0, 0.05) is 11.3 Å². The first-order chi connectivity index (χ1) is 12.7. The van der Waals surface area contributed by atoms with Crippen molar-refractivity contribution in [3.8, 4) is 5.75 Å². The maximum absolute atomic E-state index is 12.4. The molecule has 26 heavy (non-hydrogen) atoms. The van der Waals surface area contributed by atoms with Gasteiger partial charge in [0.2, 0.25) is 0 Å². The van der Waals surface area contributed by atoms with Gasteiger partial charge in [0.05, 0.1) is 22.1 Å². The predicted octanol–water partition coefficient (Wildman–Crippen LogP) is 5.97. The maximum Gasteiger partial charge on any atom is 0.255 e. The average molecular weight is 457 g/mol. The molecule has 0 aliphatic rings. The Morgan fingerprint density at radius 2 is 1.58 bits per heavy atom. The molecule has 0 saturated heterocycles. The Labute approximate surface area is 165 Å². The molecular weight excluding hydrogens is 441 g/mol. The van der Waals surface area contributed by atoms with Crippen molar-refractivity contribution < 1.29 is 9.53 Å². The molecular formula is C20H16IN3O2. The number of anilines is 1. The first-order valence-corrected chi connectivity index (χ1v) is 8.95. The molecule has 0 bridgehead atoms. The van der Waals surface area contributed by atoms with E-state index in [4.69, 9.17) is 4.74 Å². The van der Waals surface area contributed by atoms with E-state index >= 15 is 0 Å². The molecule has 0 atom stereocenters. The number of rotatable bonds is 5. The van der Waals surface area contributed by atoms with Crippen molar-refractivity contribution in [2.75, 3.05) is 12.4 Å². The lowest BCUT2D eigenvalue weighted by Crippen LogP contribution is -2.12. The van der Waals surface area contributed by atoms with Crippen molar-refractivity contribution in [3.63, 3.8) is 0 Å². The van der Waals surface area contributed by atoms with Crippen LogP contribution in [0.4, 0.5) is 17.1 Å². The number of azo groups is 1. The van der Waals surface area contributed by atoms with E-state index in [-0.39, 0.29) is 5.91 Å². The molecule has 5 nitrogen and oxygen atoms in total. The van der Waals surface area contributed by atoms with Gasteiger partial charge in [0.1, 0.15) is 5.75 Å². The molecule has 0 radical (unpaired) electrons. The number of halogens is 1. The van der Waals surface area contributed by atoms with E-state index in [0.29, 0.717) is 16.9 Å². The molecule has 0 saturated carbocycles. The summed E-state index contributed by atoms with van der Waals surface area (Å²) in [7, 11) is 1.61. The van der Waals surface area contributed by atoms with Gasteiger partial charge >= 0.3 is 0 Å². The van der Waals surface area contributed by atoms with Crippen molar-refractivity contribution in [1.29, 1.82) is 0 Å². The molecule has 0 spiro atoms. The zero-order chi connectivity index (χ0) is 18.4. The maximum atomic E-state index is 12.4. The van der Waals surface area contributed by atoms with Crippen LogP contribution in [0.1, 0.15) is 10.4 Å². The second-order valence-corrected chi connectivity index (χ2v) is 6.55. The highest BCUT2D eigenvalue weighted by atomic mass is 127. The van der Waals surface area contributed by atoms with E-state index in [1.807, 2.05) is 30.3 Å². The number of hydrogen-bond donors (Lipinski definition) is 1. The summed E-state index contributed by atoms with van der Waals surface area (Å²) in [4.78, 5) is 12.4. The van der Waals surface area contributed by atoms with Gasteiger partial charge in [0.15, 0.2) is 0 Å². The Bertz CT molecular complexity index is 926. The van der Waals surface area contributed by atoms with E-state index in [2.05, 4.69) is 38.1 Å². The summed E-state index contributed by atoms with van der Waals surface area (Å²) in [6, 6.07) is 22.0. The fourth-order valence-electron chi connectivity index (χ4n) is 2.23. The van der Waals surface area contributed by atoms with Gasteiger partial charge in [-0.1, -0.05) is 18.2 Å². The quantitative estimate of drug-likeness (QED) is 0.379. The molecule has 0 unspecified atom stereocenters. The fraction of sp³-hybridized carbons (Fsp3) is 0.0500. The van der Waals surface area contributed by atoms with Crippen LogP contribution in [-0.2, 0) is 0 Å². The molecule has 0 aliphatic heterocycles. The van der Waals surface area contributed by atoms with Gasteiger partial charge < -0.3 is 10.1 Å². The van der Waals surface area contributed by atoms with Gasteiger partial charge in [-0.05, 0) is 77.2 Å². The van der Waals surface area contributed by atoms with Crippen LogP contribution >= 0.6 is 22.6 Å². The third-order valence-corrected chi connectivity index (χ3v) is 4.42. The first-order valence-electron chi connectivity index (χ1n) is 7.87. The summed E-state index contributed by atoms with van der Waals surface area (Å²) < 4.78 is 6.09. The van der Waals surface area contributed by atoms with Gasteiger partial charge in [-0.3, -0.25) is 4.79 Å². The predicted molar refractivity (Wildman–Crippen MR) is 111 cm³/mol. The Hall–Kier alpha value is -2.74. The van der Waals surface area contributed by atoms with Crippen LogP contribution in [0, 0.1) is 3.57 Å². The first kappa shape index (κ1) is 18.1. The summed E-state index contributed by atoms with van der Waals surface area (Å²) in [6.07, 6.45) is 0. The number of ether oxygens (including phenoxy) is 1. The van der Waals surface area contributed by atoms with Crippen molar-refractivity contribution in [3.05, 3.63) is 81.9 Å². The molecule has 3 rings (SSSR count). The Morgan fingerprint density at radius 3 is 2.19 bits per heavy atom. The van der Waals surface area contributed by atoms with E-state index in [0.717, 1.165) is 15.0 Å². The summed E-state index contributed by atoms with van der Waals surface area (Å²) >= 11 is 2.14. The zero-order valence-corrected chi connectivity index (χ0v) is 16.2. The van der Waals surface area contributed by atoms with Gasteiger partial charge in [-0.15, -0.1) is 0 Å². The Kier molecular flexibility index (Phi) is 5.96. The second kappa shape index (κ2) is 8.57. The largest absolute Gasteiger partial charge is 0.496 e. The summed E-state index contributed by atoms with van der Waals surface area (Å²) in [5, 5.41) is 11.2. The number of carbonyl (C=O) groups is 1. The van der Waals surface area contributed by atoms with E-state index in [1.54, 1.807) is 49.6 Å². The fourth-order valence-corrected chi connectivity index (χ4v) is 2.97. The summed E-state index contributed by atoms with van der Waals surface area (Å²) in [6.45, 7) is 0. The monoisotopic (exact) mass is 457 g/mol. The summed E-state index contributed by atoms with van der Waals surface area (Å²) in [5.74, 6) is 0.569. The number of nitrogens with one attached hydrogen (secondary N) is 1. The van der Waals surface area contributed by atoms with Gasteiger partial charge in [-0.2, -0.15) is 10.2 Å².